The average molecular weight is 375 g/mol. The van der Waals surface area contributed by atoms with Crippen LogP contribution >= 0.6 is 0 Å². The zero-order valence-corrected chi connectivity index (χ0v) is 16.6. The van der Waals surface area contributed by atoms with Crippen LogP contribution in [0.15, 0.2) is 42.5 Å². The molecular formula is C24H25NO3. The highest BCUT2D eigenvalue weighted by molar-refractivity contribution is 5.95. The minimum Gasteiger partial charge on any atom is -0.454 e. The lowest BCUT2D eigenvalue weighted by Gasteiger charge is -2.15. The minimum atomic E-state index is -0.359. The molecular weight excluding hydrogens is 350 g/mol. The van der Waals surface area contributed by atoms with Crippen LogP contribution in [-0.4, -0.2) is 17.6 Å². The number of H-pyrrole nitrogens is 1. The van der Waals surface area contributed by atoms with Gasteiger partial charge in [0.15, 0.2) is 11.5 Å². The molecule has 1 N–H and O–H groups in total. The second-order valence-electron chi connectivity index (χ2n) is 9.10. The Morgan fingerprint density at radius 3 is 2.57 bits per heavy atom. The Kier molecular flexibility index (Phi) is 3.64. The first-order valence-electron chi connectivity index (χ1n) is 9.91. The van der Waals surface area contributed by atoms with Crippen LogP contribution < -0.4 is 9.47 Å². The summed E-state index contributed by atoms with van der Waals surface area (Å²) in [6, 6.07) is 14.4. The number of benzene rings is 2. The maximum absolute atomic E-state index is 13.2. The molecule has 0 spiro atoms. The summed E-state index contributed by atoms with van der Waals surface area (Å²) in [4.78, 5) is 16.7. The Morgan fingerprint density at radius 2 is 1.82 bits per heavy atom. The van der Waals surface area contributed by atoms with Gasteiger partial charge in [-0.25, -0.2) is 0 Å². The summed E-state index contributed by atoms with van der Waals surface area (Å²) in [6.07, 6.45) is 2.27. The fourth-order valence-corrected chi connectivity index (χ4v) is 4.09. The number of nitrogens with one attached hydrogen (secondary N) is 1. The van der Waals surface area contributed by atoms with E-state index in [0.717, 1.165) is 41.0 Å². The summed E-state index contributed by atoms with van der Waals surface area (Å²) >= 11 is 0. The first-order chi connectivity index (χ1) is 13.3. The van der Waals surface area contributed by atoms with Crippen molar-refractivity contribution in [1.29, 1.82) is 0 Å². The third kappa shape index (κ3) is 2.79. The molecule has 2 aromatic carbocycles. The molecule has 0 amide bonds. The molecule has 4 heteroatoms. The fraction of sp³-hybridized carbons (Fsp3) is 0.375. The summed E-state index contributed by atoms with van der Waals surface area (Å²) in [6.45, 7) is 6.85. The van der Waals surface area contributed by atoms with Crippen molar-refractivity contribution in [3.05, 3.63) is 59.3 Å². The van der Waals surface area contributed by atoms with Crippen LogP contribution in [0, 0.1) is 0 Å². The molecule has 1 aliphatic carbocycles. The second-order valence-corrected chi connectivity index (χ2v) is 9.10. The van der Waals surface area contributed by atoms with Crippen LogP contribution in [0.5, 0.6) is 11.5 Å². The highest BCUT2D eigenvalue weighted by atomic mass is 16.7. The maximum Gasteiger partial charge on any atom is 0.231 e. The van der Waals surface area contributed by atoms with Crippen molar-refractivity contribution in [3.63, 3.8) is 0 Å². The number of rotatable bonds is 4. The van der Waals surface area contributed by atoms with Gasteiger partial charge in [-0.15, -0.1) is 0 Å². The van der Waals surface area contributed by atoms with Crippen LogP contribution in [-0.2, 0) is 22.0 Å². The molecule has 0 bridgehead atoms. The number of Topliss-reactive ketones (excluding diaryl/α,β-unsaturated/α-hetero) is 1. The number of ether oxygens (including phenoxy) is 2. The standard InChI is InChI=1S/C24H25NO3/c1-23(2,3)21-12-16-5-4-15(10-18(16)25-21)11-22(26)24(8-9-24)17-6-7-19-20(13-17)28-14-27-19/h4-7,10,12-13,25H,8-9,11,14H2,1-3H3. The van der Waals surface area contributed by atoms with E-state index in [-0.39, 0.29) is 23.4 Å². The van der Waals surface area contributed by atoms with Crippen LogP contribution in [0.3, 0.4) is 0 Å². The Bertz CT molecular complexity index is 1080. The molecule has 0 unspecified atom stereocenters. The molecule has 144 valence electrons. The maximum atomic E-state index is 13.2. The largest absolute Gasteiger partial charge is 0.454 e. The Morgan fingerprint density at radius 1 is 1.04 bits per heavy atom. The number of aromatic nitrogens is 1. The number of carbonyl (C=O) groups excluding carboxylic acids is 1. The number of fused-ring (bicyclic) bond motifs is 2. The summed E-state index contributed by atoms with van der Waals surface area (Å²) in [5.74, 6) is 1.80. The number of carbonyl (C=O) groups is 1. The quantitative estimate of drug-likeness (QED) is 0.695. The molecule has 5 rings (SSSR count). The van der Waals surface area contributed by atoms with Crippen molar-refractivity contribution < 1.29 is 14.3 Å². The van der Waals surface area contributed by atoms with Gasteiger partial charge in [0.25, 0.3) is 0 Å². The molecule has 1 aromatic heterocycles. The number of ketones is 1. The topological polar surface area (TPSA) is 51.3 Å². The van der Waals surface area contributed by atoms with E-state index in [1.165, 1.54) is 11.1 Å². The Balaban J connectivity index is 1.40. The van der Waals surface area contributed by atoms with Crippen molar-refractivity contribution in [1.82, 2.24) is 4.98 Å². The zero-order chi connectivity index (χ0) is 19.5. The van der Waals surface area contributed by atoms with Crippen molar-refractivity contribution >= 4 is 16.7 Å². The molecule has 1 fully saturated rings. The predicted molar refractivity (Wildman–Crippen MR) is 109 cm³/mol. The van der Waals surface area contributed by atoms with Gasteiger partial charge >= 0.3 is 0 Å². The van der Waals surface area contributed by atoms with Crippen LogP contribution in [0.4, 0.5) is 0 Å². The molecule has 0 radical (unpaired) electrons. The first-order valence-corrected chi connectivity index (χ1v) is 9.91. The zero-order valence-electron chi connectivity index (χ0n) is 16.6. The van der Waals surface area contributed by atoms with Crippen molar-refractivity contribution in [2.45, 2.75) is 50.9 Å². The van der Waals surface area contributed by atoms with Crippen molar-refractivity contribution in [2.75, 3.05) is 6.79 Å². The van der Waals surface area contributed by atoms with Gasteiger partial charge in [0.1, 0.15) is 5.78 Å². The number of hydrogen-bond donors (Lipinski definition) is 1. The van der Waals surface area contributed by atoms with Gasteiger partial charge in [-0.2, -0.15) is 0 Å². The number of aromatic amines is 1. The van der Waals surface area contributed by atoms with Gasteiger partial charge in [-0.05, 0) is 53.6 Å². The molecule has 4 nitrogen and oxygen atoms in total. The molecule has 0 atom stereocenters. The summed E-state index contributed by atoms with van der Waals surface area (Å²) in [5, 5.41) is 1.19. The van der Waals surface area contributed by atoms with Gasteiger partial charge in [0.05, 0.1) is 5.41 Å². The predicted octanol–water partition coefficient (Wildman–Crippen LogP) is 5.04. The summed E-state index contributed by atoms with van der Waals surface area (Å²) < 4.78 is 10.9. The van der Waals surface area contributed by atoms with Crippen LogP contribution in [0.1, 0.15) is 50.4 Å². The molecule has 2 aliphatic rings. The normalized spacial score (nSPS) is 17.1. The molecule has 2 heterocycles. The van der Waals surface area contributed by atoms with Crippen molar-refractivity contribution in [2.24, 2.45) is 0 Å². The van der Waals surface area contributed by atoms with Gasteiger partial charge in [0.2, 0.25) is 6.79 Å². The van der Waals surface area contributed by atoms with E-state index in [1.807, 2.05) is 18.2 Å². The SMILES string of the molecule is CC(C)(C)c1cc2ccc(CC(=O)C3(c4ccc5c(c4)OCO5)CC3)cc2[nH]1. The highest BCUT2D eigenvalue weighted by Crippen LogP contribution is 2.51. The molecule has 0 saturated heterocycles. The molecule has 28 heavy (non-hydrogen) atoms. The molecule has 1 saturated carbocycles. The first kappa shape index (κ1) is 17.4. The monoisotopic (exact) mass is 375 g/mol. The lowest BCUT2D eigenvalue weighted by Crippen LogP contribution is -2.22. The molecule has 1 aliphatic heterocycles. The summed E-state index contributed by atoms with van der Waals surface area (Å²) in [5.41, 5.74) is 4.15. The van der Waals surface area contributed by atoms with Crippen LogP contribution in [0.25, 0.3) is 10.9 Å². The van der Waals surface area contributed by atoms with Gasteiger partial charge < -0.3 is 14.5 Å². The Hall–Kier alpha value is -2.75. The lowest BCUT2D eigenvalue weighted by atomic mass is 9.87. The smallest absolute Gasteiger partial charge is 0.231 e. The van der Waals surface area contributed by atoms with Crippen molar-refractivity contribution in [3.8, 4) is 11.5 Å². The van der Waals surface area contributed by atoms with Gasteiger partial charge in [-0.3, -0.25) is 4.79 Å². The second kappa shape index (κ2) is 5.87. The van der Waals surface area contributed by atoms with Gasteiger partial charge in [-0.1, -0.05) is 39.0 Å². The third-order valence-electron chi connectivity index (χ3n) is 6.07. The van der Waals surface area contributed by atoms with E-state index in [2.05, 4.69) is 50.0 Å². The van der Waals surface area contributed by atoms with E-state index in [4.69, 9.17) is 9.47 Å². The molecule has 3 aromatic rings. The highest BCUT2D eigenvalue weighted by Gasteiger charge is 2.50. The van der Waals surface area contributed by atoms with E-state index in [0.29, 0.717) is 6.42 Å². The Labute approximate surface area is 164 Å². The average Bonchev–Trinajstić information content (AvgIpc) is 3.13. The van der Waals surface area contributed by atoms with E-state index in [9.17, 15) is 4.79 Å². The third-order valence-corrected chi connectivity index (χ3v) is 6.07. The van der Waals surface area contributed by atoms with E-state index >= 15 is 0 Å². The lowest BCUT2D eigenvalue weighted by molar-refractivity contribution is -0.120. The fourth-order valence-electron chi connectivity index (χ4n) is 4.09. The van der Waals surface area contributed by atoms with Crippen LogP contribution in [0.2, 0.25) is 0 Å². The van der Waals surface area contributed by atoms with Gasteiger partial charge in [0, 0.05) is 23.0 Å². The minimum absolute atomic E-state index is 0.0758. The van der Waals surface area contributed by atoms with E-state index < -0.39 is 0 Å². The number of hydrogen-bond acceptors (Lipinski definition) is 3. The summed E-state index contributed by atoms with van der Waals surface area (Å²) in [7, 11) is 0. The van der Waals surface area contributed by atoms with E-state index in [1.54, 1.807) is 0 Å².